The second kappa shape index (κ2) is 4.55. The van der Waals surface area contributed by atoms with Gasteiger partial charge in [-0.3, -0.25) is 0 Å². The molecule has 1 rings (SSSR count). The van der Waals surface area contributed by atoms with Crippen molar-refractivity contribution < 1.29 is 0 Å². The number of allylic oxidation sites excluding steroid dienone is 3. The first kappa shape index (κ1) is 8.79. The van der Waals surface area contributed by atoms with E-state index in [-0.39, 0.29) is 0 Å². The van der Waals surface area contributed by atoms with Crippen LogP contribution in [0.5, 0.6) is 0 Å². The highest BCUT2D eigenvalue weighted by Gasteiger charge is 1.97. The predicted molar refractivity (Wildman–Crippen MR) is 54.2 cm³/mol. The molecule has 0 heterocycles. The molecule has 0 N–H and O–H groups in total. The van der Waals surface area contributed by atoms with Crippen molar-refractivity contribution in [1.29, 1.82) is 0 Å². The van der Waals surface area contributed by atoms with Crippen molar-refractivity contribution >= 4 is 0 Å². The molecule has 1 atom stereocenters. The summed E-state index contributed by atoms with van der Waals surface area (Å²) in [6, 6.07) is 10.4. The molecule has 0 radical (unpaired) electrons. The SMILES string of the molecule is C=C/C=C/[C@@H](C)c1ccccc1. The first-order valence-electron chi connectivity index (χ1n) is 4.18. The summed E-state index contributed by atoms with van der Waals surface area (Å²) in [6.45, 7) is 5.82. The van der Waals surface area contributed by atoms with Gasteiger partial charge in [0.15, 0.2) is 0 Å². The van der Waals surface area contributed by atoms with Gasteiger partial charge in [0.25, 0.3) is 0 Å². The lowest BCUT2D eigenvalue weighted by Gasteiger charge is -2.04. The smallest absolute Gasteiger partial charge is 0.000732 e. The maximum Gasteiger partial charge on any atom is -0.000732 e. The Morgan fingerprint density at radius 3 is 2.50 bits per heavy atom. The molecule has 0 amide bonds. The van der Waals surface area contributed by atoms with Gasteiger partial charge in [-0.1, -0.05) is 62.1 Å². The van der Waals surface area contributed by atoms with Gasteiger partial charge >= 0.3 is 0 Å². The third-order valence-corrected chi connectivity index (χ3v) is 1.86. The maximum atomic E-state index is 3.64. The van der Waals surface area contributed by atoms with Crippen LogP contribution in [0.2, 0.25) is 0 Å². The maximum absolute atomic E-state index is 3.64. The molecule has 62 valence electrons. The monoisotopic (exact) mass is 158 g/mol. The molecule has 0 saturated carbocycles. The molecule has 1 aromatic carbocycles. The lowest BCUT2D eigenvalue weighted by Crippen LogP contribution is -1.86. The second-order valence-electron chi connectivity index (χ2n) is 2.82. The van der Waals surface area contributed by atoms with Crippen LogP contribution < -0.4 is 0 Å². The lowest BCUT2D eigenvalue weighted by molar-refractivity contribution is 0.968. The van der Waals surface area contributed by atoms with E-state index in [2.05, 4.69) is 43.8 Å². The zero-order valence-electron chi connectivity index (χ0n) is 7.40. The Morgan fingerprint density at radius 2 is 1.92 bits per heavy atom. The Morgan fingerprint density at radius 1 is 1.25 bits per heavy atom. The van der Waals surface area contributed by atoms with Crippen molar-refractivity contribution in [3.8, 4) is 0 Å². The Balaban J connectivity index is 2.71. The van der Waals surface area contributed by atoms with E-state index in [1.807, 2.05) is 12.1 Å². The van der Waals surface area contributed by atoms with Crippen LogP contribution in [0.4, 0.5) is 0 Å². The highest BCUT2D eigenvalue weighted by atomic mass is 14.0. The van der Waals surface area contributed by atoms with E-state index in [9.17, 15) is 0 Å². The quantitative estimate of drug-likeness (QED) is 0.590. The minimum atomic E-state index is 0.476. The Kier molecular flexibility index (Phi) is 3.34. The van der Waals surface area contributed by atoms with Gasteiger partial charge in [0.2, 0.25) is 0 Å². The van der Waals surface area contributed by atoms with Gasteiger partial charge in [0, 0.05) is 0 Å². The molecule has 0 aliphatic carbocycles. The molecule has 0 bridgehead atoms. The predicted octanol–water partition coefficient (Wildman–Crippen LogP) is 3.53. The van der Waals surface area contributed by atoms with Crippen LogP contribution >= 0.6 is 0 Å². The van der Waals surface area contributed by atoms with E-state index in [4.69, 9.17) is 0 Å². The fourth-order valence-electron chi connectivity index (χ4n) is 1.11. The third kappa shape index (κ3) is 2.39. The summed E-state index contributed by atoms with van der Waals surface area (Å²) in [6.07, 6.45) is 5.93. The van der Waals surface area contributed by atoms with E-state index in [0.717, 1.165) is 0 Å². The molecule has 12 heavy (non-hydrogen) atoms. The number of benzene rings is 1. The van der Waals surface area contributed by atoms with E-state index >= 15 is 0 Å². The second-order valence-corrected chi connectivity index (χ2v) is 2.82. The average molecular weight is 158 g/mol. The van der Waals surface area contributed by atoms with Gasteiger partial charge in [0.1, 0.15) is 0 Å². The molecule has 0 aliphatic heterocycles. The van der Waals surface area contributed by atoms with Crippen molar-refractivity contribution in [2.75, 3.05) is 0 Å². The minimum Gasteiger partial charge on any atom is -0.0991 e. The zero-order valence-corrected chi connectivity index (χ0v) is 7.40. The summed E-state index contributed by atoms with van der Waals surface area (Å²) in [5.74, 6) is 0.476. The van der Waals surface area contributed by atoms with Crippen LogP contribution in [0.25, 0.3) is 0 Å². The highest BCUT2D eigenvalue weighted by Crippen LogP contribution is 2.15. The molecule has 0 spiro atoms. The topological polar surface area (TPSA) is 0 Å². The van der Waals surface area contributed by atoms with Crippen LogP contribution in [0.3, 0.4) is 0 Å². The Hall–Kier alpha value is -1.30. The van der Waals surface area contributed by atoms with Gasteiger partial charge in [-0.25, -0.2) is 0 Å². The van der Waals surface area contributed by atoms with Crippen molar-refractivity contribution in [1.82, 2.24) is 0 Å². The van der Waals surface area contributed by atoms with E-state index < -0.39 is 0 Å². The zero-order chi connectivity index (χ0) is 8.81. The molecule has 1 aromatic rings. The molecule has 0 fully saturated rings. The molecule has 0 aromatic heterocycles. The molecule has 0 aliphatic rings. The molecular weight excluding hydrogens is 144 g/mol. The van der Waals surface area contributed by atoms with Gasteiger partial charge < -0.3 is 0 Å². The van der Waals surface area contributed by atoms with Gasteiger partial charge in [-0.2, -0.15) is 0 Å². The molecule has 0 nitrogen and oxygen atoms in total. The van der Waals surface area contributed by atoms with E-state index in [1.54, 1.807) is 6.08 Å². The summed E-state index contributed by atoms with van der Waals surface area (Å²) in [4.78, 5) is 0. The molecular formula is C12H14. The largest absolute Gasteiger partial charge is 0.0991 e. The van der Waals surface area contributed by atoms with Crippen molar-refractivity contribution in [2.45, 2.75) is 12.8 Å². The number of hydrogen-bond acceptors (Lipinski definition) is 0. The first-order valence-corrected chi connectivity index (χ1v) is 4.18. The summed E-state index contributed by atoms with van der Waals surface area (Å²) in [7, 11) is 0. The van der Waals surface area contributed by atoms with Crippen LogP contribution in [0.1, 0.15) is 18.4 Å². The Bertz CT molecular complexity index is 257. The summed E-state index contributed by atoms with van der Waals surface area (Å²) >= 11 is 0. The Labute approximate surface area is 74.2 Å². The highest BCUT2D eigenvalue weighted by molar-refractivity contribution is 5.23. The van der Waals surface area contributed by atoms with Crippen LogP contribution in [0.15, 0.2) is 55.1 Å². The fourth-order valence-corrected chi connectivity index (χ4v) is 1.11. The normalized spacial score (nSPS) is 13.1. The summed E-state index contributed by atoms with van der Waals surface area (Å²) in [5, 5.41) is 0. The molecule has 0 unspecified atom stereocenters. The van der Waals surface area contributed by atoms with Crippen molar-refractivity contribution in [3.05, 3.63) is 60.7 Å². The summed E-state index contributed by atoms with van der Waals surface area (Å²) in [5.41, 5.74) is 1.34. The molecule has 0 saturated heterocycles. The number of rotatable bonds is 3. The van der Waals surface area contributed by atoms with Crippen LogP contribution in [0, 0.1) is 0 Å². The molecule has 0 heteroatoms. The van der Waals surface area contributed by atoms with Crippen LogP contribution in [-0.2, 0) is 0 Å². The van der Waals surface area contributed by atoms with Gasteiger partial charge in [0.05, 0.1) is 0 Å². The van der Waals surface area contributed by atoms with Crippen molar-refractivity contribution in [2.24, 2.45) is 0 Å². The van der Waals surface area contributed by atoms with Crippen molar-refractivity contribution in [3.63, 3.8) is 0 Å². The minimum absolute atomic E-state index is 0.476. The van der Waals surface area contributed by atoms with E-state index in [0.29, 0.717) is 5.92 Å². The lowest BCUT2D eigenvalue weighted by atomic mass is 10.0. The van der Waals surface area contributed by atoms with Crippen LogP contribution in [-0.4, -0.2) is 0 Å². The first-order chi connectivity index (χ1) is 5.84. The van der Waals surface area contributed by atoms with E-state index in [1.165, 1.54) is 5.56 Å². The van der Waals surface area contributed by atoms with Gasteiger partial charge in [-0.15, -0.1) is 0 Å². The average Bonchev–Trinajstić information content (AvgIpc) is 2.15. The fraction of sp³-hybridized carbons (Fsp3) is 0.167. The standard InChI is InChI=1S/C12H14/c1-3-4-8-11(2)12-9-6-5-7-10-12/h3-11H,1H2,2H3/b8-4+/t11-/m1/s1. The number of hydrogen-bond donors (Lipinski definition) is 0. The van der Waals surface area contributed by atoms with Gasteiger partial charge in [-0.05, 0) is 11.5 Å². The summed E-state index contributed by atoms with van der Waals surface area (Å²) < 4.78 is 0. The third-order valence-electron chi connectivity index (χ3n) is 1.86.